The van der Waals surface area contributed by atoms with E-state index in [1.54, 1.807) is 0 Å². The number of nitrogens with zero attached hydrogens (tertiary/aromatic N) is 2. The first-order valence-corrected chi connectivity index (χ1v) is 5.82. The van der Waals surface area contributed by atoms with Gasteiger partial charge in [0.25, 0.3) is 0 Å². The molecule has 1 radical (unpaired) electrons. The molecule has 2 heterocycles. The lowest BCUT2D eigenvalue weighted by Gasteiger charge is -2.23. The molecule has 1 saturated heterocycles. The van der Waals surface area contributed by atoms with Crippen molar-refractivity contribution >= 4 is 10.9 Å². The molecule has 0 saturated carbocycles. The standard InChI is InChI=1S/C13H15N2O/c1-10-5-6-12-11(8-10)9-14-15(12)13-4-2-3-7-16-13/h6,8-9,13H,2-4,7H2,1H3. The van der Waals surface area contributed by atoms with Crippen molar-refractivity contribution in [2.45, 2.75) is 32.4 Å². The molecule has 1 aromatic carbocycles. The fourth-order valence-electron chi connectivity index (χ4n) is 2.25. The highest BCUT2D eigenvalue weighted by atomic mass is 16.5. The second-order valence-electron chi connectivity index (χ2n) is 4.37. The molecule has 0 bridgehead atoms. The molecule has 3 nitrogen and oxygen atoms in total. The molecule has 1 atom stereocenters. The fraction of sp³-hybridized carbons (Fsp3) is 0.462. The third kappa shape index (κ3) is 1.61. The smallest absolute Gasteiger partial charge is 0.150 e. The number of hydrogen-bond acceptors (Lipinski definition) is 2. The average Bonchev–Trinajstić information content (AvgIpc) is 2.73. The number of ether oxygens (including phenoxy) is 1. The lowest BCUT2D eigenvalue weighted by atomic mass is 10.1. The van der Waals surface area contributed by atoms with E-state index < -0.39 is 0 Å². The maximum absolute atomic E-state index is 5.75. The van der Waals surface area contributed by atoms with Crippen molar-refractivity contribution in [3.8, 4) is 0 Å². The summed E-state index contributed by atoms with van der Waals surface area (Å²) in [5, 5.41) is 5.60. The Morgan fingerprint density at radius 3 is 3.25 bits per heavy atom. The molecule has 2 aromatic rings. The van der Waals surface area contributed by atoms with Crippen LogP contribution in [0.3, 0.4) is 0 Å². The van der Waals surface area contributed by atoms with E-state index in [1.807, 2.05) is 23.9 Å². The molecule has 1 aliphatic rings. The van der Waals surface area contributed by atoms with Gasteiger partial charge in [0.05, 0.1) is 11.7 Å². The Hall–Kier alpha value is -1.35. The molecule has 0 N–H and O–H groups in total. The molecule has 3 rings (SSSR count). The van der Waals surface area contributed by atoms with E-state index in [0.29, 0.717) is 0 Å². The van der Waals surface area contributed by atoms with Crippen LogP contribution in [0.2, 0.25) is 0 Å². The van der Waals surface area contributed by atoms with Crippen LogP contribution in [-0.2, 0) is 4.74 Å². The Morgan fingerprint density at radius 2 is 2.44 bits per heavy atom. The first kappa shape index (κ1) is 9.85. The lowest BCUT2D eigenvalue weighted by molar-refractivity contribution is -0.0366. The predicted molar refractivity (Wildman–Crippen MR) is 62.1 cm³/mol. The van der Waals surface area contributed by atoms with Gasteiger partial charge in [-0.2, -0.15) is 5.10 Å². The normalized spacial score (nSPS) is 21.4. The highest BCUT2D eigenvalue weighted by Gasteiger charge is 2.18. The maximum atomic E-state index is 5.75. The van der Waals surface area contributed by atoms with Crippen molar-refractivity contribution in [3.63, 3.8) is 0 Å². The maximum Gasteiger partial charge on any atom is 0.150 e. The molecule has 0 spiro atoms. The van der Waals surface area contributed by atoms with Gasteiger partial charge in [0.2, 0.25) is 0 Å². The summed E-state index contributed by atoms with van der Waals surface area (Å²) in [4.78, 5) is 0. The molecule has 3 heteroatoms. The van der Waals surface area contributed by atoms with Crippen molar-refractivity contribution in [1.29, 1.82) is 0 Å². The molecule has 1 aliphatic heterocycles. The Morgan fingerprint density at radius 1 is 1.50 bits per heavy atom. The third-order valence-electron chi connectivity index (χ3n) is 3.10. The Kier molecular flexibility index (Phi) is 2.40. The minimum Gasteiger partial charge on any atom is -0.356 e. The fourth-order valence-corrected chi connectivity index (χ4v) is 2.25. The van der Waals surface area contributed by atoms with Gasteiger partial charge in [-0.05, 0) is 49.9 Å². The predicted octanol–water partition coefficient (Wildman–Crippen LogP) is 2.84. The van der Waals surface area contributed by atoms with Crippen LogP contribution in [0.25, 0.3) is 10.9 Å². The molecule has 1 unspecified atom stereocenters. The summed E-state index contributed by atoms with van der Waals surface area (Å²) >= 11 is 0. The van der Waals surface area contributed by atoms with Gasteiger partial charge < -0.3 is 4.74 Å². The largest absolute Gasteiger partial charge is 0.356 e. The second kappa shape index (κ2) is 3.91. The summed E-state index contributed by atoms with van der Waals surface area (Å²) in [6.07, 6.45) is 5.48. The molecule has 1 aromatic heterocycles. The second-order valence-corrected chi connectivity index (χ2v) is 4.37. The zero-order valence-corrected chi connectivity index (χ0v) is 9.44. The van der Waals surface area contributed by atoms with Gasteiger partial charge in [-0.15, -0.1) is 0 Å². The van der Waals surface area contributed by atoms with E-state index in [2.05, 4.69) is 17.2 Å². The van der Waals surface area contributed by atoms with Crippen molar-refractivity contribution in [3.05, 3.63) is 30.0 Å². The van der Waals surface area contributed by atoms with Gasteiger partial charge in [0.15, 0.2) is 6.23 Å². The molecule has 16 heavy (non-hydrogen) atoms. The van der Waals surface area contributed by atoms with Crippen molar-refractivity contribution < 1.29 is 4.74 Å². The number of fused-ring (bicyclic) bond motifs is 1. The summed E-state index contributed by atoms with van der Waals surface area (Å²) in [5.41, 5.74) is 2.27. The monoisotopic (exact) mass is 215 g/mol. The first-order chi connectivity index (χ1) is 7.84. The van der Waals surface area contributed by atoms with Gasteiger partial charge in [0, 0.05) is 12.0 Å². The summed E-state index contributed by atoms with van der Waals surface area (Å²) in [5.74, 6) is 0. The minimum absolute atomic E-state index is 0.113. The summed E-state index contributed by atoms with van der Waals surface area (Å²) in [6, 6.07) is 7.35. The quantitative estimate of drug-likeness (QED) is 0.731. The number of hydrogen-bond donors (Lipinski definition) is 0. The number of benzene rings is 1. The van der Waals surface area contributed by atoms with Gasteiger partial charge in [-0.1, -0.05) is 0 Å². The summed E-state index contributed by atoms with van der Waals surface area (Å²) < 4.78 is 7.74. The summed E-state index contributed by atoms with van der Waals surface area (Å²) in [7, 11) is 0. The Bertz CT molecular complexity index is 498. The van der Waals surface area contributed by atoms with E-state index in [4.69, 9.17) is 4.74 Å². The Labute approximate surface area is 95.0 Å². The van der Waals surface area contributed by atoms with Gasteiger partial charge in [0.1, 0.15) is 0 Å². The zero-order valence-electron chi connectivity index (χ0n) is 9.44. The van der Waals surface area contributed by atoms with Crippen LogP contribution < -0.4 is 0 Å². The van der Waals surface area contributed by atoms with E-state index in [9.17, 15) is 0 Å². The third-order valence-corrected chi connectivity index (χ3v) is 3.10. The van der Waals surface area contributed by atoms with E-state index >= 15 is 0 Å². The van der Waals surface area contributed by atoms with Crippen LogP contribution in [0.4, 0.5) is 0 Å². The van der Waals surface area contributed by atoms with Crippen LogP contribution in [-0.4, -0.2) is 16.4 Å². The van der Waals surface area contributed by atoms with E-state index in [-0.39, 0.29) is 6.23 Å². The number of aryl methyl sites for hydroxylation is 1. The van der Waals surface area contributed by atoms with Gasteiger partial charge in [-0.25, -0.2) is 4.68 Å². The molecule has 0 amide bonds. The molecule has 0 aliphatic carbocycles. The van der Waals surface area contributed by atoms with E-state index in [0.717, 1.165) is 24.1 Å². The van der Waals surface area contributed by atoms with Gasteiger partial charge in [-0.3, -0.25) is 0 Å². The van der Waals surface area contributed by atoms with Crippen molar-refractivity contribution in [2.24, 2.45) is 0 Å². The van der Waals surface area contributed by atoms with Gasteiger partial charge >= 0.3 is 0 Å². The molecular formula is C13H15N2O. The molecular weight excluding hydrogens is 200 g/mol. The van der Waals surface area contributed by atoms with Crippen molar-refractivity contribution in [1.82, 2.24) is 9.78 Å². The topological polar surface area (TPSA) is 27.1 Å². The van der Waals surface area contributed by atoms with Crippen LogP contribution in [0.1, 0.15) is 31.1 Å². The zero-order chi connectivity index (χ0) is 11.0. The highest BCUT2D eigenvalue weighted by Crippen LogP contribution is 2.26. The van der Waals surface area contributed by atoms with Crippen LogP contribution in [0.15, 0.2) is 18.3 Å². The molecule has 83 valence electrons. The highest BCUT2D eigenvalue weighted by molar-refractivity contribution is 5.79. The average molecular weight is 215 g/mol. The minimum atomic E-state index is 0.113. The van der Waals surface area contributed by atoms with Crippen LogP contribution in [0, 0.1) is 13.0 Å². The Balaban J connectivity index is 2.03. The number of rotatable bonds is 1. The summed E-state index contributed by atoms with van der Waals surface area (Å²) in [6.45, 7) is 2.90. The molecule has 1 fully saturated rings. The van der Waals surface area contributed by atoms with Crippen LogP contribution in [0.5, 0.6) is 0 Å². The SMILES string of the molecule is Cc1[c]cc2c(cnn2C2CCCCO2)c1. The van der Waals surface area contributed by atoms with Crippen LogP contribution >= 0.6 is 0 Å². The van der Waals surface area contributed by atoms with E-state index in [1.165, 1.54) is 18.2 Å². The van der Waals surface area contributed by atoms with Crippen molar-refractivity contribution in [2.75, 3.05) is 6.61 Å². The number of aromatic nitrogens is 2. The lowest BCUT2D eigenvalue weighted by Crippen LogP contribution is -2.18. The first-order valence-electron chi connectivity index (χ1n) is 5.82.